The Morgan fingerprint density at radius 2 is 1.82 bits per heavy atom. The van der Waals surface area contributed by atoms with E-state index >= 15 is 0 Å². The van der Waals surface area contributed by atoms with E-state index in [1.807, 2.05) is 59.8 Å². The highest BCUT2D eigenvalue weighted by molar-refractivity contribution is 5.94. The second-order valence-electron chi connectivity index (χ2n) is 7.57. The lowest BCUT2D eigenvalue weighted by Gasteiger charge is -2.17. The molecule has 1 aliphatic rings. The van der Waals surface area contributed by atoms with Gasteiger partial charge in [0, 0.05) is 30.3 Å². The molecule has 0 aliphatic carbocycles. The number of aryl methyl sites for hydroxylation is 2. The molecule has 1 aromatic heterocycles. The Labute approximate surface area is 164 Å². The summed E-state index contributed by atoms with van der Waals surface area (Å²) in [6.45, 7) is 6.14. The van der Waals surface area contributed by atoms with Crippen LogP contribution in [0.1, 0.15) is 45.2 Å². The minimum absolute atomic E-state index is 0.0577. The summed E-state index contributed by atoms with van der Waals surface area (Å²) in [4.78, 5) is 14.7. The van der Waals surface area contributed by atoms with E-state index in [0.29, 0.717) is 18.7 Å². The first-order valence-corrected chi connectivity index (χ1v) is 9.64. The zero-order valence-electron chi connectivity index (χ0n) is 16.2. The summed E-state index contributed by atoms with van der Waals surface area (Å²) in [6, 6.07) is 16.5. The molecule has 1 aliphatic heterocycles. The molecule has 0 bridgehead atoms. The van der Waals surface area contributed by atoms with Crippen LogP contribution in [0, 0.1) is 19.7 Å². The average molecular weight is 377 g/mol. The molecule has 1 atom stereocenters. The summed E-state index contributed by atoms with van der Waals surface area (Å²) in [5.41, 5.74) is 5.05. The Morgan fingerprint density at radius 3 is 2.46 bits per heavy atom. The lowest BCUT2D eigenvalue weighted by molar-refractivity contribution is 0.0791. The number of hydrogen-bond acceptors (Lipinski definition) is 2. The molecule has 0 spiro atoms. The fraction of sp³-hybridized carbons (Fsp3) is 0.304. The number of carbonyl (C=O) groups excluding carboxylic acids is 1. The van der Waals surface area contributed by atoms with Crippen LogP contribution in [0.15, 0.2) is 54.6 Å². The fourth-order valence-corrected chi connectivity index (χ4v) is 3.90. The number of rotatable bonds is 4. The van der Waals surface area contributed by atoms with Crippen LogP contribution in [0.25, 0.3) is 0 Å². The van der Waals surface area contributed by atoms with Crippen molar-refractivity contribution in [3.8, 4) is 0 Å². The molecule has 4 nitrogen and oxygen atoms in total. The van der Waals surface area contributed by atoms with E-state index in [1.54, 1.807) is 0 Å². The number of nitrogens with zero attached hydrogens (tertiary/aromatic N) is 3. The third-order valence-electron chi connectivity index (χ3n) is 5.45. The molecule has 1 saturated heterocycles. The highest BCUT2D eigenvalue weighted by Gasteiger charge is 2.27. The molecule has 4 rings (SSSR count). The topological polar surface area (TPSA) is 38.1 Å². The van der Waals surface area contributed by atoms with Gasteiger partial charge in [0.05, 0.1) is 12.2 Å². The van der Waals surface area contributed by atoms with Gasteiger partial charge in [-0.3, -0.25) is 9.48 Å². The fourth-order valence-electron chi connectivity index (χ4n) is 3.90. The summed E-state index contributed by atoms with van der Waals surface area (Å²) in [6.07, 6.45) is 0.910. The highest BCUT2D eigenvalue weighted by atomic mass is 19.1. The van der Waals surface area contributed by atoms with Crippen molar-refractivity contribution >= 4 is 5.91 Å². The molecule has 2 heterocycles. The molecular weight excluding hydrogens is 353 g/mol. The van der Waals surface area contributed by atoms with Crippen molar-refractivity contribution in [1.82, 2.24) is 14.7 Å². The van der Waals surface area contributed by atoms with Crippen molar-refractivity contribution < 1.29 is 9.18 Å². The lowest BCUT2D eigenvalue weighted by Crippen LogP contribution is -2.28. The van der Waals surface area contributed by atoms with Gasteiger partial charge in [-0.15, -0.1) is 0 Å². The van der Waals surface area contributed by atoms with Crippen LogP contribution in [0.2, 0.25) is 0 Å². The predicted molar refractivity (Wildman–Crippen MR) is 107 cm³/mol. The van der Waals surface area contributed by atoms with Crippen LogP contribution in [-0.4, -0.2) is 33.7 Å². The van der Waals surface area contributed by atoms with E-state index in [1.165, 1.54) is 12.1 Å². The zero-order chi connectivity index (χ0) is 19.7. The van der Waals surface area contributed by atoms with Gasteiger partial charge >= 0.3 is 0 Å². The minimum atomic E-state index is -0.227. The lowest BCUT2D eigenvalue weighted by atomic mass is 9.98. The van der Waals surface area contributed by atoms with E-state index < -0.39 is 0 Å². The second kappa shape index (κ2) is 7.58. The number of amides is 1. The standard InChI is InChI=1S/C23H24FN3O/c1-16-13-17(2)27(25-16)14-18-3-5-20(6-4-18)23(28)26-12-11-21(15-26)19-7-9-22(24)10-8-19/h3-10,13,21H,11-12,14-15H2,1-2H3. The maximum atomic E-state index is 13.1. The van der Waals surface area contributed by atoms with E-state index in [2.05, 4.69) is 11.2 Å². The third kappa shape index (κ3) is 3.84. The Kier molecular flexibility index (Phi) is 4.99. The Hall–Kier alpha value is -2.95. The maximum Gasteiger partial charge on any atom is 0.253 e. The largest absolute Gasteiger partial charge is 0.338 e. The van der Waals surface area contributed by atoms with Crippen LogP contribution in [-0.2, 0) is 6.54 Å². The molecule has 0 saturated carbocycles. The number of carbonyl (C=O) groups is 1. The monoisotopic (exact) mass is 377 g/mol. The molecule has 5 heteroatoms. The Morgan fingerprint density at radius 1 is 1.11 bits per heavy atom. The van der Waals surface area contributed by atoms with Crippen LogP contribution >= 0.6 is 0 Å². The summed E-state index contributed by atoms with van der Waals surface area (Å²) in [7, 11) is 0. The van der Waals surface area contributed by atoms with Crippen LogP contribution < -0.4 is 0 Å². The van der Waals surface area contributed by atoms with Crippen LogP contribution in [0.3, 0.4) is 0 Å². The van der Waals surface area contributed by atoms with E-state index in [9.17, 15) is 9.18 Å². The van der Waals surface area contributed by atoms with Gasteiger partial charge in [-0.05, 0) is 61.7 Å². The molecule has 0 N–H and O–H groups in total. The van der Waals surface area contributed by atoms with Gasteiger partial charge in [0.25, 0.3) is 5.91 Å². The first-order chi connectivity index (χ1) is 13.5. The molecule has 3 aromatic rings. The number of benzene rings is 2. The van der Waals surface area contributed by atoms with Crippen molar-refractivity contribution in [1.29, 1.82) is 0 Å². The maximum absolute atomic E-state index is 13.1. The first-order valence-electron chi connectivity index (χ1n) is 9.64. The van der Waals surface area contributed by atoms with E-state index in [4.69, 9.17) is 0 Å². The van der Waals surface area contributed by atoms with Crippen molar-refractivity contribution in [3.63, 3.8) is 0 Å². The van der Waals surface area contributed by atoms with Gasteiger partial charge < -0.3 is 4.90 Å². The summed E-state index contributed by atoms with van der Waals surface area (Å²) in [5.74, 6) is 0.104. The number of hydrogen-bond donors (Lipinski definition) is 0. The summed E-state index contributed by atoms with van der Waals surface area (Å²) < 4.78 is 15.1. The van der Waals surface area contributed by atoms with Gasteiger partial charge in [0.2, 0.25) is 0 Å². The van der Waals surface area contributed by atoms with Gasteiger partial charge in [-0.1, -0.05) is 24.3 Å². The smallest absolute Gasteiger partial charge is 0.253 e. The van der Waals surface area contributed by atoms with Crippen molar-refractivity contribution in [2.75, 3.05) is 13.1 Å². The molecular formula is C23H24FN3O. The molecule has 1 unspecified atom stereocenters. The Bertz CT molecular complexity index is 976. The minimum Gasteiger partial charge on any atom is -0.338 e. The highest BCUT2D eigenvalue weighted by Crippen LogP contribution is 2.28. The summed E-state index contributed by atoms with van der Waals surface area (Å²) >= 11 is 0. The first kappa shape index (κ1) is 18.4. The molecule has 0 radical (unpaired) electrons. The third-order valence-corrected chi connectivity index (χ3v) is 5.45. The van der Waals surface area contributed by atoms with Gasteiger partial charge in [-0.2, -0.15) is 5.10 Å². The SMILES string of the molecule is Cc1cc(C)n(Cc2ccc(C(=O)N3CCC(c4ccc(F)cc4)C3)cc2)n1. The zero-order valence-corrected chi connectivity index (χ0v) is 16.2. The predicted octanol–water partition coefficient (Wildman–Crippen LogP) is 4.32. The number of likely N-dealkylation sites (tertiary alicyclic amines) is 1. The van der Waals surface area contributed by atoms with E-state index in [0.717, 1.165) is 35.5 Å². The van der Waals surface area contributed by atoms with Gasteiger partial charge in [-0.25, -0.2) is 4.39 Å². The number of halogens is 1. The van der Waals surface area contributed by atoms with Crippen molar-refractivity contribution in [3.05, 3.63) is 88.5 Å². The van der Waals surface area contributed by atoms with Crippen LogP contribution in [0.5, 0.6) is 0 Å². The van der Waals surface area contributed by atoms with Crippen LogP contribution in [0.4, 0.5) is 4.39 Å². The molecule has 28 heavy (non-hydrogen) atoms. The average Bonchev–Trinajstić information content (AvgIpc) is 3.29. The molecule has 1 amide bonds. The van der Waals surface area contributed by atoms with Gasteiger partial charge in [0.15, 0.2) is 0 Å². The normalized spacial score (nSPS) is 16.5. The Balaban J connectivity index is 1.41. The second-order valence-corrected chi connectivity index (χ2v) is 7.57. The molecule has 1 fully saturated rings. The molecule has 2 aromatic carbocycles. The van der Waals surface area contributed by atoms with Gasteiger partial charge in [0.1, 0.15) is 5.82 Å². The van der Waals surface area contributed by atoms with Crippen molar-refractivity contribution in [2.45, 2.75) is 32.7 Å². The summed E-state index contributed by atoms with van der Waals surface area (Å²) in [5, 5.41) is 4.49. The van der Waals surface area contributed by atoms with Crippen molar-refractivity contribution in [2.24, 2.45) is 0 Å². The number of aromatic nitrogens is 2. The molecule has 144 valence electrons. The van der Waals surface area contributed by atoms with E-state index in [-0.39, 0.29) is 17.6 Å². The quantitative estimate of drug-likeness (QED) is 0.679.